The number of benzene rings is 2. The van der Waals surface area contributed by atoms with Crippen LogP contribution in [0.25, 0.3) is 0 Å². The number of likely N-dealkylation sites (N-methyl/N-ethyl adjacent to an activating group) is 1. The zero-order valence-electron chi connectivity index (χ0n) is 28.4. The Morgan fingerprint density at radius 1 is 1.00 bits per heavy atom. The van der Waals surface area contributed by atoms with Crippen LogP contribution in [0.15, 0.2) is 47.4 Å². The summed E-state index contributed by atoms with van der Waals surface area (Å²) in [6, 6.07) is 11.0. The van der Waals surface area contributed by atoms with Crippen molar-refractivity contribution >= 4 is 21.6 Å². The van der Waals surface area contributed by atoms with Gasteiger partial charge in [-0.2, -0.15) is 0 Å². The van der Waals surface area contributed by atoms with E-state index >= 15 is 0 Å². The Hall–Kier alpha value is -2.66. The summed E-state index contributed by atoms with van der Waals surface area (Å²) >= 11 is 0. The topological polar surface area (TPSA) is 108 Å². The fourth-order valence-corrected chi connectivity index (χ4v) is 7.62. The predicted octanol–water partition coefficient (Wildman–Crippen LogP) is 6.10. The molecule has 46 heavy (non-hydrogen) atoms. The fraction of sp³-hybridized carbons (Fsp3) is 0.639. The lowest BCUT2D eigenvalue weighted by Crippen LogP contribution is -2.47. The van der Waals surface area contributed by atoms with Crippen LogP contribution in [-0.2, 0) is 14.8 Å². The summed E-state index contributed by atoms with van der Waals surface area (Å²) in [5.41, 5.74) is 1.48. The first-order valence-electron chi connectivity index (χ1n) is 17.1. The Labute approximate surface area is 276 Å². The van der Waals surface area contributed by atoms with Crippen molar-refractivity contribution in [2.75, 3.05) is 44.6 Å². The minimum absolute atomic E-state index is 0.0128. The van der Waals surface area contributed by atoms with E-state index in [0.29, 0.717) is 18.9 Å². The summed E-state index contributed by atoms with van der Waals surface area (Å²) in [7, 11) is -1.71. The number of carbonyl (C=O) groups is 1. The Balaban J connectivity index is 1.62. The molecule has 0 aromatic heterocycles. The first kappa shape index (κ1) is 36.2. The third-order valence-electron chi connectivity index (χ3n) is 9.42. The van der Waals surface area contributed by atoms with Gasteiger partial charge in [-0.25, -0.2) is 8.42 Å². The molecule has 0 spiro atoms. The lowest BCUT2D eigenvalue weighted by Gasteiger charge is -2.36. The Morgan fingerprint density at radius 2 is 1.70 bits per heavy atom. The van der Waals surface area contributed by atoms with Gasteiger partial charge in [0.1, 0.15) is 5.75 Å². The third-order valence-corrected chi connectivity index (χ3v) is 10.8. The number of sulfonamides is 1. The van der Waals surface area contributed by atoms with Gasteiger partial charge in [-0.05, 0) is 96.2 Å². The van der Waals surface area contributed by atoms with Gasteiger partial charge in [0.05, 0.1) is 35.3 Å². The lowest BCUT2D eigenvalue weighted by molar-refractivity contribution is -0.0190. The zero-order chi connectivity index (χ0) is 33.3. The second-order valence-corrected chi connectivity index (χ2v) is 15.3. The van der Waals surface area contributed by atoms with Crippen LogP contribution in [0.5, 0.6) is 5.75 Å². The number of aryl methyl sites for hydroxylation is 1. The van der Waals surface area contributed by atoms with Gasteiger partial charge in [-0.15, -0.1) is 0 Å². The van der Waals surface area contributed by atoms with Crippen molar-refractivity contribution in [2.24, 2.45) is 11.8 Å². The molecule has 1 fully saturated rings. The first-order chi connectivity index (χ1) is 22.0. The smallest absolute Gasteiger partial charge is 0.261 e. The van der Waals surface area contributed by atoms with E-state index in [1.807, 2.05) is 20.8 Å². The molecule has 2 aromatic carbocycles. The van der Waals surface area contributed by atoms with Crippen molar-refractivity contribution in [3.63, 3.8) is 0 Å². The number of nitrogens with zero attached hydrogens (tertiary/aromatic N) is 2. The number of aliphatic hydroxyl groups excluding tert-OH is 1. The summed E-state index contributed by atoms with van der Waals surface area (Å²) in [6.45, 7) is 10.4. The number of carbonyl (C=O) groups excluding carboxylic acids is 1. The molecule has 2 aliphatic rings. The number of hydrogen-bond acceptors (Lipinski definition) is 7. The maximum absolute atomic E-state index is 14.4. The first-order valence-corrected chi connectivity index (χ1v) is 18.6. The SMILES string of the molecule is Cc1ccc(S(=O)(=O)Nc2ccc3c(c2)C(=O)N([C@H](C)CO)C[C@@H](C)[C@@H](CN(C)CC2CCCCC2)OCCCC[C@@H](C)O3)cc1. The van der Waals surface area contributed by atoms with Crippen LogP contribution in [0.2, 0.25) is 0 Å². The van der Waals surface area contributed by atoms with Crippen LogP contribution in [0.1, 0.15) is 88.1 Å². The highest BCUT2D eigenvalue weighted by Crippen LogP contribution is 2.30. The third kappa shape index (κ3) is 10.2. The molecule has 0 unspecified atom stereocenters. The van der Waals surface area contributed by atoms with Crippen molar-refractivity contribution in [3.05, 3.63) is 53.6 Å². The van der Waals surface area contributed by atoms with Crippen molar-refractivity contribution < 1.29 is 27.8 Å². The molecule has 4 atom stereocenters. The second kappa shape index (κ2) is 16.9. The Kier molecular flexibility index (Phi) is 13.3. The van der Waals surface area contributed by atoms with Gasteiger partial charge in [-0.1, -0.05) is 43.9 Å². The molecule has 0 bridgehead atoms. The number of rotatable bonds is 9. The van der Waals surface area contributed by atoms with Crippen molar-refractivity contribution in [2.45, 2.75) is 102 Å². The molecule has 256 valence electrons. The van der Waals surface area contributed by atoms with Gasteiger partial charge < -0.3 is 24.4 Å². The summed E-state index contributed by atoms with van der Waals surface area (Å²) in [5.74, 6) is 0.783. The molecule has 2 aromatic rings. The number of hydrogen-bond donors (Lipinski definition) is 2. The Bertz CT molecular complexity index is 1360. The van der Waals surface area contributed by atoms with Crippen molar-refractivity contribution in [3.8, 4) is 5.75 Å². The molecule has 10 heteroatoms. The van der Waals surface area contributed by atoms with Crippen LogP contribution < -0.4 is 9.46 Å². The maximum atomic E-state index is 14.4. The molecule has 0 radical (unpaired) electrons. The van der Waals surface area contributed by atoms with Gasteiger partial charge in [0.15, 0.2) is 0 Å². The fourth-order valence-electron chi connectivity index (χ4n) is 6.57. The summed E-state index contributed by atoms with van der Waals surface area (Å²) in [5, 5.41) is 10.2. The zero-order valence-corrected chi connectivity index (χ0v) is 29.2. The molecule has 9 nitrogen and oxygen atoms in total. The van der Waals surface area contributed by atoms with E-state index in [-0.39, 0.29) is 46.8 Å². The van der Waals surface area contributed by atoms with E-state index in [9.17, 15) is 18.3 Å². The van der Waals surface area contributed by atoms with Crippen LogP contribution in [0, 0.1) is 18.8 Å². The van der Waals surface area contributed by atoms with Gasteiger partial charge in [0, 0.05) is 37.8 Å². The molecule has 1 amide bonds. The van der Waals surface area contributed by atoms with Crippen LogP contribution in [-0.4, -0.2) is 87.4 Å². The molecule has 1 saturated carbocycles. The maximum Gasteiger partial charge on any atom is 0.261 e. The number of anilines is 1. The number of fused-ring (bicyclic) bond motifs is 1. The highest BCUT2D eigenvalue weighted by atomic mass is 32.2. The Morgan fingerprint density at radius 3 is 2.39 bits per heavy atom. The van der Waals surface area contributed by atoms with E-state index < -0.39 is 16.1 Å². The average molecular weight is 658 g/mol. The monoisotopic (exact) mass is 657 g/mol. The van der Waals surface area contributed by atoms with Gasteiger partial charge in [-0.3, -0.25) is 9.52 Å². The quantitative estimate of drug-likeness (QED) is 0.335. The summed E-state index contributed by atoms with van der Waals surface area (Å²) in [4.78, 5) is 18.6. The molecule has 1 heterocycles. The largest absolute Gasteiger partial charge is 0.490 e. The van der Waals surface area contributed by atoms with Gasteiger partial charge in [0.2, 0.25) is 0 Å². The highest BCUT2D eigenvalue weighted by molar-refractivity contribution is 7.92. The van der Waals surface area contributed by atoms with Crippen molar-refractivity contribution in [1.29, 1.82) is 0 Å². The normalized spacial score (nSPS) is 23.3. The number of amides is 1. The lowest BCUT2D eigenvalue weighted by atomic mass is 9.89. The second-order valence-electron chi connectivity index (χ2n) is 13.7. The van der Waals surface area contributed by atoms with Crippen molar-refractivity contribution in [1.82, 2.24) is 9.80 Å². The minimum Gasteiger partial charge on any atom is -0.490 e. The van der Waals surface area contributed by atoms with Gasteiger partial charge >= 0.3 is 0 Å². The number of aliphatic hydroxyl groups is 1. The molecule has 1 aliphatic heterocycles. The van der Waals surface area contributed by atoms with Crippen LogP contribution in [0.4, 0.5) is 5.69 Å². The number of ether oxygens (including phenoxy) is 2. The molecule has 0 saturated heterocycles. The van der Waals surface area contributed by atoms with E-state index in [2.05, 4.69) is 23.6 Å². The average Bonchev–Trinajstić information content (AvgIpc) is 3.03. The standard InChI is InChI=1S/C36H55N3O6S/c1-26-14-17-32(18-15-26)46(42,43)37-31-16-19-34-33(21-31)36(41)39(28(3)25-40)22-27(2)35(44-20-10-9-11-29(4)45-34)24-38(5)23-30-12-7-6-8-13-30/h14-19,21,27-30,35,37,40H,6-13,20,22-25H2,1-5H3/t27-,28-,29-,35-/m1/s1. The molecular weight excluding hydrogens is 602 g/mol. The summed E-state index contributed by atoms with van der Waals surface area (Å²) < 4.78 is 41.9. The van der Waals surface area contributed by atoms with E-state index in [1.165, 1.54) is 32.1 Å². The van der Waals surface area contributed by atoms with E-state index in [1.54, 1.807) is 47.4 Å². The van der Waals surface area contributed by atoms with E-state index in [0.717, 1.165) is 43.8 Å². The number of nitrogens with one attached hydrogen (secondary N) is 1. The minimum atomic E-state index is -3.88. The molecule has 1 aliphatic carbocycles. The van der Waals surface area contributed by atoms with Gasteiger partial charge in [0.25, 0.3) is 15.9 Å². The molecular formula is C36H55N3O6S. The van der Waals surface area contributed by atoms with E-state index in [4.69, 9.17) is 9.47 Å². The van der Waals surface area contributed by atoms with Crippen LogP contribution in [0.3, 0.4) is 0 Å². The highest BCUT2D eigenvalue weighted by Gasteiger charge is 2.31. The van der Waals surface area contributed by atoms with Crippen LogP contribution >= 0.6 is 0 Å². The summed E-state index contributed by atoms with van der Waals surface area (Å²) in [6.07, 6.45) is 8.89. The molecule has 2 N–H and O–H groups in total. The predicted molar refractivity (Wildman–Crippen MR) is 183 cm³/mol. The molecule has 4 rings (SSSR count).